The molecule has 0 spiro atoms. The number of carboxylic acid groups (broad SMARTS) is 1. The van der Waals surface area contributed by atoms with Crippen LogP contribution >= 0.6 is 0 Å². The van der Waals surface area contributed by atoms with Crippen molar-refractivity contribution in [2.75, 3.05) is 0 Å². The van der Waals surface area contributed by atoms with Gasteiger partial charge in [-0.25, -0.2) is 4.79 Å². The molecular formula is C11H10N2O3. The fraction of sp³-hybridized carbons (Fsp3) is 0.273. The minimum absolute atomic E-state index is 0.347. The van der Waals surface area contributed by atoms with Crippen molar-refractivity contribution >= 4 is 17.4 Å². The number of fused-ring (bicyclic) bond motifs is 1. The number of aliphatic carboxylic acids is 1. The zero-order valence-electron chi connectivity index (χ0n) is 8.89. The quantitative estimate of drug-likeness (QED) is 0.732. The van der Waals surface area contributed by atoms with Gasteiger partial charge in [-0.3, -0.25) is 4.79 Å². The molecule has 0 radical (unpaired) electrons. The summed E-state index contributed by atoms with van der Waals surface area (Å²) in [5.41, 5.74) is 2.56. The number of ketones is 1. The molecular weight excluding hydrogens is 208 g/mol. The van der Waals surface area contributed by atoms with Gasteiger partial charge in [-0.05, 0) is 31.0 Å². The molecule has 1 aromatic carbocycles. The van der Waals surface area contributed by atoms with Crippen LogP contribution in [-0.2, 0) is 4.79 Å². The summed E-state index contributed by atoms with van der Waals surface area (Å²) in [4.78, 5) is 22.6. The summed E-state index contributed by atoms with van der Waals surface area (Å²) in [6, 6.07) is 2.14. The van der Waals surface area contributed by atoms with E-state index in [-0.39, 0.29) is 0 Å². The molecule has 82 valence electrons. The first-order valence-corrected chi connectivity index (χ1v) is 4.80. The molecule has 0 bridgehead atoms. The highest BCUT2D eigenvalue weighted by molar-refractivity contribution is 6.15. The zero-order chi connectivity index (χ0) is 11.9. The van der Waals surface area contributed by atoms with Gasteiger partial charge in [0, 0.05) is 5.56 Å². The highest BCUT2D eigenvalue weighted by atomic mass is 16.4. The fourth-order valence-electron chi connectivity index (χ4n) is 1.76. The summed E-state index contributed by atoms with van der Waals surface area (Å²) in [5, 5.41) is 16.1. The normalized spacial score (nSPS) is 18.4. The maximum absolute atomic E-state index is 11.8. The van der Waals surface area contributed by atoms with Crippen molar-refractivity contribution in [2.24, 2.45) is 10.2 Å². The van der Waals surface area contributed by atoms with Crippen molar-refractivity contribution in [1.29, 1.82) is 0 Å². The molecule has 1 heterocycles. The molecule has 1 unspecified atom stereocenters. The van der Waals surface area contributed by atoms with Gasteiger partial charge in [0.2, 0.25) is 11.8 Å². The monoisotopic (exact) mass is 218 g/mol. The topological polar surface area (TPSA) is 79.1 Å². The Balaban J connectivity index is 2.60. The molecule has 5 heteroatoms. The smallest absolute Gasteiger partial charge is 0.338 e. The second-order valence-electron chi connectivity index (χ2n) is 3.80. The lowest BCUT2D eigenvalue weighted by molar-refractivity contribution is -0.137. The lowest BCUT2D eigenvalue weighted by Crippen LogP contribution is -2.29. The molecule has 16 heavy (non-hydrogen) atoms. The number of hydrogen-bond donors (Lipinski definition) is 1. The molecule has 2 rings (SSSR count). The highest BCUT2D eigenvalue weighted by Gasteiger charge is 2.32. The van der Waals surface area contributed by atoms with E-state index in [2.05, 4.69) is 10.2 Å². The minimum Gasteiger partial charge on any atom is -0.479 e. The summed E-state index contributed by atoms with van der Waals surface area (Å²) < 4.78 is 0. The van der Waals surface area contributed by atoms with E-state index in [1.807, 2.05) is 19.9 Å². The van der Waals surface area contributed by atoms with Crippen molar-refractivity contribution in [3.05, 3.63) is 28.8 Å². The summed E-state index contributed by atoms with van der Waals surface area (Å²) in [5.74, 6) is -1.76. The van der Waals surface area contributed by atoms with E-state index >= 15 is 0 Å². The van der Waals surface area contributed by atoms with Crippen LogP contribution in [0.3, 0.4) is 0 Å². The summed E-state index contributed by atoms with van der Waals surface area (Å²) in [6.07, 6.45) is 0. The van der Waals surface area contributed by atoms with Crippen LogP contribution in [0.2, 0.25) is 0 Å². The molecule has 0 fully saturated rings. The van der Waals surface area contributed by atoms with Gasteiger partial charge in [-0.2, -0.15) is 10.2 Å². The van der Waals surface area contributed by atoms with Crippen LogP contribution in [0.5, 0.6) is 0 Å². The van der Waals surface area contributed by atoms with Gasteiger partial charge in [0.05, 0.1) is 5.69 Å². The van der Waals surface area contributed by atoms with Crippen LogP contribution in [0.1, 0.15) is 21.5 Å². The first kappa shape index (κ1) is 10.5. The molecule has 0 saturated carbocycles. The average molecular weight is 218 g/mol. The number of carbonyl (C=O) groups excluding carboxylic acids is 1. The van der Waals surface area contributed by atoms with Crippen molar-refractivity contribution in [1.82, 2.24) is 0 Å². The first-order chi connectivity index (χ1) is 7.50. The molecule has 1 atom stereocenters. The third-order valence-electron chi connectivity index (χ3n) is 2.47. The van der Waals surface area contributed by atoms with Crippen molar-refractivity contribution in [3.8, 4) is 0 Å². The standard InChI is InChI=1S/C11H10N2O3/c1-5-3-6(2)8-7(4-5)10(14)9(11(15)16)13-12-8/h3-4,9H,1-2H3,(H,15,16). The van der Waals surface area contributed by atoms with Crippen LogP contribution in [0.25, 0.3) is 0 Å². The predicted octanol–water partition coefficient (Wildman–Crippen LogP) is 2.04. The third kappa shape index (κ3) is 1.50. The molecule has 0 aliphatic carbocycles. The van der Waals surface area contributed by atoms with Crippen LogP contribution in [-0.4, -0.2) is 22.9 Å². The molecule has 0 amide bonds. The lowest BCUT2D eigenvalue weighted by Gasteiger charge is -2.15. The Morgan fingerprint density at radius 2 is 2.06 bits per heavy atom. The minimum atomic E-state index is -1.39. The molecule has 0 aromatic heterocycles. The van der Waals surface area contributed by atoms with Gasteiger partial charge in [0.1, 0.15) is 0 Å². The van der Waals surface area contributed by atoms with Gasteiger partial charge in [0.25, 0.3) is 0 Å². The Kier molecular flexibility index (Phi) is 2.30. The second kappa shape index (κ2) is 3.52. The fourth-order valence-corrected chi connectivity index (χ4v) is 1.76. The maximum atomic E-state index is 11.8. The molecule has 1 N–H and O–H groups in total. The number of aryl methyl sites for hydroxylation is 2. The van der Waals surface area contributed by atoms with Crippen LogP contribution in [0, 0.1) is 13.8 Å². The van der Waals surface area contributed by atoms with E-state index < -0.39 is 17.8 Å². The van der Waals surface area contributed by atoms with Gasteiger partial charge in [0.15, 0.2) is 0 Å². The van der Waals surface area contributed by atoms with E-state index in [1.165, 1.54) is 0 Å². The van der Waals surface area contributed by atoms with Crippen LogP contribution < -0.4 is 0 Å². The van der Waals surface area contributed by atoms with E-state index in [0.717, 1.165) is 11.1 Å². The molecule has 5 nitrogen and oxygen atoms in total. The third-order valence-corrected chi connectivity index (χ3v) is 2.47. The van der Waals surface area contributed by atoms with E-state index in [9.17, 15) is 9.59 Å². The largest absolute Gasteiger partial charge is 0.479 e. The summed E-state index contributed by atoms with van der Waals surface area (Å²) in [6.45, 7) is 3.67. The Hall–Kier alpha value is -2.04. The average Bonchev–Trinajstić information content (AvgIpc) is 2.19. The van der Waals surface area contributed by atoms with Crippen molar-refractivity contribution < 1.29 is 14.7 Å². The van der Waals surface area contributed by atoms with Gasteiger partial charge in [-0.1, -0.05) is 6.07 Å². The summed E-state index contributed by atoms with van der Waals surface area (Å²) >= 11 is 0. The number of hydrogen-bond acceptors (Lipinski definition) is 4. The van der Waals surface area contributed by atoms with Gasteiger partial charge >= 0.3 is 5.97 Å². The molecule has 1 aliphatic heterocycles. The predicted molar refractivity (Wildman–Crippen MR) is 56.2 cm³/mol. The summed E-state index contributed by atoms with van der Waals surface area (Å²) in [7, 11) is 0. The van der Waals surface area contributed by atoms with Gasteiger partial charge < -0.3 is 5.11 Å². The number of nitrogens with zero attached hydrogens (tertiary/aromatic N) is 2. The van der Waals surface area contributed by atoms with E-state index in [4.69, 9.17) is 5.11 Å². The van der Waals surface area contributed by atoms with Crippen LogP contribution in [0.15, 0.2) is 22.4 Å². The Morgan fingerprint density at radius 3 is 2.69 bits per heavy atom. The van der Waals surface area contributed by atoms with Crippen molar-refractivity contribution in [2.45, 2.75) is 19.9 Å². The second-order valence-corrected chi connectivity index (χ2v) is 3.80. The highest BCUT2D eigenvalue weighted by Crippen LogP contribution is 2.31. The Morgan fingerprint density at radius 1 is 1.38 bits per heavy atom. The van der Waals surface area contributed by atoms with E-state index in [0.29, 0.717) is 11.3 Å². The number of benzene rings is 1. The number of rotatable bonds is 1. The molecule has 1 aromatic rings. The molecule has 1 aliphatic rings. The van der Waals surface area contributed by atoms with E-state index in [1.54, 1.807) is 6.07 Å². The van der Waals surface area contributed by atoms with Crippen molar-refractivity contribution in [3.63, 3.8) is 0 Å². The SMILES string of the molecule is Cc1cc(C)c2c(c1)C(=O)C(C(=O)O)N=N2. The number of carboxylic acids is 1. The Labute approximate surface area is 91.8 Å². The zero-order valence-corrected chi connectivity index (χ0v) is 8.89. The maximum Gasteiger partial charge on any atom is 0.338 e. The van der Waals surface area contributed by atoms with Crippen LogP contribution in [0.4, 0.5) is 5.69 Å². The van der Waals surface area contributed by atoms with Gasteiger partial charge in [-0.15, -0.1) is 0 Å². The number of carbonyl (C=O) groups is 2. The molecule has 0 saturated heterocycles. The Bertz CT molecular complexity index is 520. The lowest BCUT2D eigenvalue weighted by atomic mass is 9.96. The first-order valence-electron chi connectivity index (χ1n) is 4.80. The number of Topliss-reactive ketones (excluding diaryl/α,β-unsaturated/α-hetero) is 1. The number of azo groups is 1.